The van der Waals surface area contributed by atoms with E-state index in [1.165, 1.54) is 23.0 Å². The van der Waals surface area contributed by atoms with Gasteiger partial charge in [-0.15, -0.1) is 0 Å². The molecule has 2 rings (SSSR count). The standard InChI is InChI=1S/C12H12BrFN2O2/c1-2-8(17)5-16-6-15-11-9(12(16)18)3-7(13)4-10(11)14/h3-4,6,8,17H,2,5H2,1H3/t8-/m0/s1. The molecule has 2 aromatic rings. The number of nitrogens with zero attached hydrogens (tertiary/aromatic N) is 2. The van der Waals surface area contributed by atoms with Gasteiger partial charge in [0.15, 0.2) is 5.82 Å². The fourth-order valence-corrected chi connectivity index (χ4v) is 2.11. The summed E-state index contributed by atoms with van der Waals surface area (Å²) >= 11 is 3.14. The fourth-order valence-electron chi connectivity index (χ4n) is 1.68. The summed E-state index contributed by atoms with van der Waals surface area (Å²) in [7, 11) is 0. The highest BCUT2D eigenvalue weighted by Crippen LogP contribution is 2.18. The van der Waals surface area contributed by atoms with Crippen LogP contribution in [0.4, 0.5) is 4.39 Å². The molecule has 4 nitrogen and oxygen atoms in total. The van der Waals surface area contributed by atoms with E-state index in [2.05, 4.69) is 20.9 Å². The van der Waals surface area contributed by atoms with Crippen molar-refractivity contribution in [2.45, 2.75) is 26.0 Å². The first-order valence-corrected chi connectivity index (χ1v) is 6.34. The maximum Gasteiger partial charge on any atom is 0.261 e. The number of aromatic nitrogens is 2. The van der Waals surface area contributed by atoms with Gasteiger partial charge in [0.1, 0.15) is 5.52 Å². The Hall–Kier alpha value is -1.27. The highest BCUT2D eigenvalue weighted by molar-refractivity contribution is 9.10. The van der Waals surface area contributed by atoms with Crippen LogP contribution in [0.25, 0.3) is 10.9 Å². The van der Waals surface area contributed by atoms with Crippen LogP contribution in [0, 0.1) is 5.82 Å². The number of aliphatic hydroxyl groups is 1. The average molecular weight is 315 g/mol. The minimum absolute atomic E-state index is 0.0467. The lowest BCUT2D eigenvalue weighted by Crippen LogP contribution is -2.26. The first kappa shape index (κ1) is 13.2. The highest BCUT2D eigenvalue weighted by Gasteiger charge is 2.11. The van der Waals surface area contributed by atoms with Crippen molar-refractivity contribution < 1.29 is 9.50 Å². The van der Waals surface area contributed by atoms with Gasteiger partial charge in [0.05, 0.1) is 24.4 Å². The second-order valence-electron chi connectivity index (χ2n) is 4.05. The van der Waals surface area contributed by atoms with E-state index < -0.39 is 11.9 Å². The third-order valence-corrected chi connectivity index (χ3v) is 3.18. The zero-order valence-electron chi connectivity index (χ0n) is 9.73. The van der Waals surface area contributed by atoms with Gasteiger partial charge in [-0.25, -0.2) is 9.37 Å². The molecular formula is C12H12BrFN2O2. The predicted octanol–water partition coefficient (Wildman–Crippen LogP) is 2.07. The second kappa shape index (κ2) is 5.16. The summed E-state index contributed by atoms with van der Waals surface area (Å²) < 4.78 is 15.4. The Morgan fingerprint density at radius 1 is 1.56 bits per heavy atom. The molecule has 0 aliphatic heterocycles. The van der Waals surface area contributed by atoms with Crippen molar-refractivity contribution in [3.63, 3.8) is 0 Å². The topological polar surface area (TPSA) is 55.1 Å². The summed E-state index contributed by atoms with van der Waals surface area (Å²) in [5.74, 6) is -0.542. The number of benzene rings is 1. The van der Waals surface area contributed by atoms with E-state index >= 15 is 0 Å². The Balaban J connectivity index is 2.60. The lowest BCUT2D eigenvalue weighted by atomic mass is 10.2. The van der Waals surface area contributed by atoms with E-state index in [1.54, 1.807) is 0 Å². The van der Waals surface area contributed by atoms with Crippen molar-refractivity contribution in [1.29, 1.82) is 0 Å². The number of fused-ring (bicyclic) bond motifs is 1. The van der Waals surface area contributed by atoms with Crippen LogP contribution in [-0.4, -0.2) is 20.8 Å². The summed E-state index contributed by atoms with van der Waals surface area (Å²) in [6.45, 7) is 1.98. The molecule has 0 saturated heterocycles. The molecule has 1 atom stereocenters. The third kappa shape index (κ3) is 2.44. The Labute approximate surface area is 111 Å². The molecule has 1 aromatic carbocycles. The van der Waals surface area contributed by atoms with Gasteiger partial charge in [-0.1, -0.05) is 22.9 Å². The van der Waals surface area contributed by atoms with Gasteiger partial charge in [0.2, 0.25) is 0 Å². The van der Waals surface area contributed by atoms with Crippen molar-refractivity contribution in [2.24, 2.45) is 0 Å². The maximum atomic E-state index is 13.6. The lowest BCUT2D eigenvalue weighted by Gasteiger charge is -2.10. The molecule has 1 heterocycles. The van der Waals surface area contributed by atoms with E-state index in [-0.39, 0.29) is 23.0 Å². The molecule has 1 aromatic heterocycles. The molecule has 0 bridgehead atoms. The Bertz CT molecular complexity index is 642. The molecule has 0 aliphatic rings. The van der Waals surface area contributed by atoms with Crippen LogP contribution in [0.5, 0.6) is 0 Å². The van der Waals surface area contributed by atoms with Crippen LogP contribution in [-0.2, 0) is 6.54 Å². The molecular weight excluding hydrogens is 303 g/mol. The van der Waals surface area contributed by atoms with Crippen LogP contribution in [0.3, 0.4) is 0 Å². The molecule has 18 heavy (non-hydrogen) atoms. The second-order valence-corrected chi connectivity index (χ2v) is 4.96. The van der Waals surface area contributed by atoms with Gasteiger partial charge in [-0.05, 0) is 18.6 Å². The number of rotatable bonds is 3. The number of aliphatic hydroxyl groups excluding tert-OH is 1. The molecule has 1 N–H and O–H groups in total. The molecule has 6 heteroatoms. The fraction of sp³-hybridized carbons (Fsp3) is 0.333. The summed E-state index contributed by atoms with van der Waals surface area (Å²) in [6, 6.07) is 2.79. The van der Waals surface area contributed by atoms with Crippen LogP contribution < -0.4 is 5.56 Å². The summed E-state index contributed by atoms with van der Waals surface area (Å²) in [5.41, 5.74) is -0.307. The van der Waals surface area contributed by atoms with Crippen LogP contribution in [0.15, 0.2) is 27.7 Å². The molecule has 0 amide bonds. The largest absolute Gasteiger partial charge is 0.391 e. The van der Waals surface area contributed by atoms with Crippen molar-refractivity contribution in [1.82, 2.24) is 9.55 Å². The minimum atomic E-state index is -0.612. The van der Waals surface area contributed by atoms with Crippen molar-refractivity contribution >= 4 is 26.8 Å². The monoisotopic (exact) mass is 314 g/mol. The Morgan fingerprint density at radius 3 is 2.94 bits per heavy atom. The molecule has 0 radical (unpaired) electrons. The smallest absolute Gasteiger partial charge is 0.261 e. The molecule has 96 valence electrons. The van der Waals surface area contributed by atoms with E-state index in [4.69, 9.17) is 0 Å². The highest BCUT2D eigenvalue weighted by atomic mass is 79.9. The van der Waals surface area contributed by atoms with E-state index in [9.17, 15) is 14.3 Å². The first-order valence-electron chi connectivity index (χ1n) is 5.55. The van der Waals surface area contributed by atoms with E-state index in [0.29, 0.717) is 10.9 Å². The van der Waals surface area contributed by atoms with Gasteiger partial charge in [0.25, 0.3) is 5.56 Å². The van der Waals surface area contributed by atoms with Crippen molar-refractivity contribution in [3.8, 4) is 0 Å². The van der Waals surface area contributed by atoms with Crippen molar-refractivity contribution in [3.05, 3.63) is 39.1 Å². The van der Waals surface area contributed by atoms with Crippen molar-refractivity contribution in [2.75, 3.05) is 0 Å². The molecule has 0 saturated carbocycles. The first-order chi connectivity index (χ1) is 8.52. The zero-order valence-corrected chi connectivity index (χ0v) is 11.3. The van der Waals surface area contributed by atoms with Crippen LogP contribution in [0.2, 0.25) is 0 Å². The molecule has 0 fully saturated rings. The number of halogens is 2. The maximum absolute atomic E-state index is 13.6. The predicted molar refractivity (Wildman–Crippen MR) is 70.0 cm³/mol. The summed E-state index contributed by atoms with van der Waals surface area (Å²) in [4.78, 5) is 16.0. The third-order valence-electron chi connectivity index (χ3n) is 2.72. The van der Waals surface area contributed by atoms with Gasteiger partial charge >= 0.3 is 0 Å². The molecule has 0 unspecified atom stereocenters. The average Bonchev–Trinajstić information content (AvgIpc) is 2.33. The van der Waals surface area contributed by atoms with Gasteiger partial charge < -0.3 is 5.11 Å². The number of hydrogen-bond acceptors (Lipinski definition) is 3. The quantitative estimate of drug-likeness (QED) is 0.943. The van der Waals surface area contributed by atoms with Gasteiger partial charge in [0, 0.05) is 4.47 Å². The van der Waals surface area contributed by atoms with Crippen LogP contribution >= 0.6 is 15.9 Å². The van der Waals surface area contributed by atoms with Gasteiger partial charge in [-0.2, -0.15) is 0 Å². The molecule has 0 spiro atoms. The van der Waals surface area contributed by atoms with Crippen LogP contribution in [0.1, 0.15) is 13.3 Å². The minimum Gasteiger partial charge on any atom is -0.391 e. The Morgan fingerprint density at radius 2 is 2.28 bits per heavy atom. The van der Waals surface area contributed by atoms with E-state index in [0.717, 1.165) is 0 Å². The SMILES string of the molecule is CC[C@H](O)Cn1cnc2c(F)cc(Br)cc2c1=O. The number of hydrogen-bond donors (Lipinski definition) is 1. The normalized spacial score (nSPS) is 12.9. The molecule has 0 aliphatic carbocycles. The van der Waals surface area contributed by atoms with Gasteiger partial charge in [-0.3, -0.25) is 9.36 Å². The summed E-state index contributed by atoms with van der Waals surface area (Å²) in [5, 5.41) is 9.75. The summed E-state index contributed by atoms with van der Waals surface area (Å²) in [6.07, 6.45) is 1.19. The zero-order chi connectivity index (χ0) is 13.3. The lowest BCUT2D eigenvalue weighted by molar-refractivity contribution is 0.148. The van der Waals surface area contributed by atoms with E-state index in [1.807, 2.05) is 6.92 Å². The Kier molecular flexibility index (Phi) is 3.77.